The fourth-order valence-electron chi connectivity index (χ4n) is 1.49. The SMILES string of the molecule is CCOC(=O)COc1c(I)cc(C=NN)cc1OCC. The van der Waals surface area contributed by atoms with Crippen LogP contribution < -0.4 is 15.3 Å². The van der Waals surface area contributed by atoms with Crippen LogP contribution in [0.15, 0.2) is 17.2 Å². The summed E-state index contributed by atoms with van der Waals surface area (Å²) in [4.78, 5) is 11.3. The number of carbonyl (C=O) groups is 1. The highest BCUT2D eigenvalue weighted by Gasteiger charge is 2.13. The molecule has 0 atom stereocenters. The van der Waals surface area contributed by atoms with Crippen molar-refractivity contribution in [3.8, 4) is 11.5 Å². The summed E-state index contributed by atoms with van der Waals surface area (Å²) in [6.45, 7) is 4.26. The van der Waals surface area contributed by atoms with Crippen LogP contribution in [-0.2, 0) is 9.53 Å². The van der Waals surface area contributed by atoms with Crippen LogP contribution >= 0.6 is 22.6 Å². The summed E-state index contributed by atoms with van der Waals surface area (Å²) in [7, 11) is 0. The summed E-state index contributed by atoms with van der Waals surface area (Å²) in [6.07, 6.45) is 1.51. The molecule has 0 heterocycles. The van der Waals surface area contributed by atoms with Gasteiger partial charge in [0.25, 0.3) is 0 Å². The molecule has 0 aliphatic carbocycles. The Morgan fingerprint density at radius 3 is 2.70 bits per heavy atom. The van der Waals surface area contributed by atoms with E-state index in [4.69, 9.17) is 20.1 Å². The average Bonchev–Trinajstić information content (AvgIpc) is 2.39. The molecule has 0 saturated heterocycles. The van der Waals surface area contributed by atoms with E-state index >= 15 is 0 Å². The molecule has 0 bridgehead atoms. The predicted molar refractivity (Wildman–Crippen MR) is 84.2 cm³/mol. The minimum atomic E-state index is -0.418. The third-order valence-corrected chi connectivity index (χ3v) is 3.00. The molecule has 1 aromatic rings. The molecule has 0 amide bonds. The van der Waals surface area contributed by atoms with Crippen LogP contribution in [0.25, 0.3) is 0 Å². The number of halogens is 1. The lowest BCUT2D eigenvalue weighted by Gasteiger charge is -2.14. The molecular formula is C13H17IN2O4. The minimum absolute atomic E-state index is 0.158. The van der Waals surface area contributed by atoms with Crippen molar-refractivity contribution in [3.63, 3.8) is 0 Å². The van der Waals surface area contributed by atoms with Crippen LogP contribution in [0.4, 0.5) is 0 Å². The maximum Gasteiger partial charge on any atom is 0.344 e. The van der Waals surface area contributed by atoms with Gasteiger partial charge < -0.3 is 20.1 Å². The van der Waals surface area contributed by atoms with E-state index in [1.165, 1.54) is 6.21 Å². The number of ether oxygens (including phenoxy) is 3. The summed E-state index contributed by atoms with van der Waals surface area (Å²) in [6, 6.07) is 3.59. The Balaban J connectivity index is 2.95. The van der Waals surface area contributed by atoms with Gasteiger partial charge in [-0.15, -0.1) is 0 Å². The molecule has 1 rings (SSSR count). The molecule has 0 unspecified atom stereocenters. The van der Waals surface area contributed by atoms with Crippen LogP contribution in [0.1, 0.15) is 19.4 Å². The van der Waals surface area contributed by atoms with E-state index in [0.29, 0.717) is 24.7 Å². The number of hydrogen-bond donors (Lipinski definition) is 1. The second-order valence-electron chi connectivity index (χ2n) is 3.63. The first kappa shape index (κ1) is 16.5. The number of rotatable bonds is 7. The number of benzene rings is 1. The van der Waals surface area contributed by atoms with Crippen LogP contribution in [0.5, 0.6) is 11.5 Å². The molecule has 2 N–H and O–H groups in total. The number of carbonyl (C=O) groups excluding carboxylic acids is 1. The van der Waals surface area contributed by atoms with Crippen LogP contribution in [-0.4, -0.2) is 32.0 Å². The zero-order chi connectivity index (χ0) is 15.0. The zero-order valence-corrected chi connectivity index (χ0v) is 13.5. The third kappa shape index (κ3) is 4.87. The highest BCUT2D eigenvalue weighted by molar-refractivity contribution is 14.1. The summed E-state index contributed by atoms with van der Waals surface area (Å²) in [5.74, 6) is 5.77. The molecular weight excluding hydrogens is 375 g/mol. The minimum Gasteiger partial charge on any atom is -0.490 e. The number of nitrogens with zero attached hydrogens (tertiary/aromatic N) is 1. The summed E-state index contributed by atoms with van der Waals surface area (Å²) in [5, 5.41) is 3.48. The lowest BCUT2D eigenvalue weighted by molar-refractivity contribution is -0.145. The normalized spacial score (nSPS) is 10.6. The molecule has 1 aromatic carbocycles. The largest absolute Gasteiger partial charge is 0.490 e. The van der Waals surface area contributed by atoms with Gasteiger partial charge in [-0.2, -0.15) is 5.10 Å². The monoisotopic (exact) mass is 392 g/mol. The summed E-state index contributed by atoms with van der Waals surface area (Å²) >= 11 is 2.10. The van der Waals surface area contributed by atoms with Crippen molar-refractivity contribution in [3.05, 3.63) is 21.3 Å². The quantitative estimate of drug-likeness (QED) is 0.252. The highest BCUT2D eigenvalue weighted by atomic mass is 127. The molecule has 0 aliphatic heterocycles. The second kappa shape index (κ2) is 8.62. The fraction of sp³-hybridized carbons (Fsp3) is 0.385. The Morgan fingerprint density at radius 1 is 1.35 bits per heavy atom. The lowest BCUT2D eigenvalue weighted by atomic mass is 10.2. The Morgan fingerprint density at radius 2 is 2.10 bits per heavy atom. The van der Waals surface area contributed by atoms with E-state index in [1.807, 2.05) is 13.0 Å². The van der Waals surface area contributed by atoms with Gasteiger partial charge in [0.2, 0.25) is 0 Å². The number of nitrogens with two attached hydrogens (primary N) is 1. The van der Waals surface area contributed by atoms with Crippen molar-refractivity contribution < 1.29 is 19.0 Å². The lowest BCUT2D eigenvalue weighted by Crippen LogP contribution is -2.15. The van der Waals surface area contributed by atoms with Crippen molar-refractivity contribution >= 4 is 34.8 Å². The van der Waals surface area contributed by atoms with Gasteiger partial charge >= 0.3 is 5.97 Å². The van der Waals surface area contributed by atoms with Gasteiger partial charge in [0.1, 0.15) is 0 Å². The Labute approximate surface area is 131 Å². The maximum atomic E-state index is 11.3. The van der Waals surface area contributed by atoms with Crippen molar-refractivity contribution in [1.82, 2.24) is 0 Å². The van der Waals surface area contributed by atoms with Gasteiger partial charge in [-0.05, 0) is 54.1 Å². The molecule has 0 fully saturated rings. The Hall–Kier alpha value is -1.51. The van der Waals surface area contributed by atoms with Crippen LogP contribution in [0.2, 0.25) is 0 Å². The molecule has 0 aliphatic rings. The van der Waals surface area contributed by atoms with Gasteiger partial charge in [-0.25, -0.2) is 4.79 Å². The third-order valence-electron chi connectivity index (χ3n) is 2.19. The number of hydrogen-bond acceptors (Lipinski definition) is 6. The van der Waals surface area contributed by atoms with Gasteiger partial charge in [0.05, 0.1) is 23.0 Å². The van der Waals surface area contributed by atoms with Gasteiger partial charge in [0, 0.05) is 0 Å². The zero-order valence-electron chi connectivity index (χ0n) is 11.4. The maximum absolute atomic E-state index is 11.3. The second-order valence-corrected chi connectivity index (χ2v) is 4.80. The molecule has 0 radical (unpaired) electrons. The first-order chi connectivity index (χ1) is 9.62. The van der Waals surface area contributed by atoms with Crippen molar-refractivity contribution in [2.24, 2.45) is 10.9 Å². The van der Waals surface area contributed by atoms with E-state index in [9.17, 15) is 4.79 Å². The van der Waals surface area contributed by atoms with Gasteiger partial charge in [0.15, 0.2) is 18.1 Å². The highest BCUT2D eigenvalue weighted by Crippen LogP contribution is 2.33. The molecule has 6 nitrogen and oxygen atoms in total. The van der Waals surface area contributed by atoms with E-state index in [2.05, 4.69) is 27.7 Å². The van der Waals surface area contributed by atoms with E-state index in [-0.39, 0.29) is 6.61 Å². The standard InChI is InChI=1S/C13H17IN2O4/c1-3-18-11-6-9(7-16-15)5-10(14)13(11)20-8-12(17)19-4-2/h5-7H,3-4,8,15H2,1-2H3. The predicted octanol–water partition coefficient (Wildman–Crippen LogP) is 1.92. The first-order valence-corrected chi connectivity index (χ1v) is 7.18. The molecule has 20 heavy (non-hydrogen) atoms. The Bertz CT molecular complexity index is 492. The smallest absolute Gasteiger partial charge is 0.344 e. The summed E-state index contributed by atoms with van der Waals surface area (Å²) in [5.41, 5.74) is 0.795. The van der Waals surface area contributed by atoms with Crippen molar-refractivity contribution in [2.75, 3.05) is 19.8 Å². The fourth-order valence-corrected chi connectivity index (χ4v) is 2.27. The van der Waals surface area contributed by atoms with E-state index in [1.54, 1.807) is 13.0 Å². The molecule has 0 aromatic heterocycles. The van der Waals surface area contributed by atoms with Crippen molar-refractivity contribution in [1.29, 1.82) is 0 Å². The van der Waals surface area contributed by atoms with Crippen molar-refractivity contribution in [2.45, 2.75) is 13.8 Å². The van der Waals surface area contributed by atoms with E-state index in [0.717, 1.165) is 9.13 Å². The summed E-state index contributed by atoms with van der Waals surface area (Å²) < 4.78 is 16.6. The van der Waals surface area contributed by atoms with Gasteiger partial charge in [-0.1, -0.05) is 0 Å². The van der Waals surface area contributed by atoms with Crippen LogP contribution in [0, 0.1) is 3.57 Å². The molecule has 0 spiro atoms. The average molecular weight is 392 g/mol. The van der Waals surface area contributed by atoms with E-state index < -0.39 is 5.97 Å². The molecule has 7 heteroatoms. The number of hydrazone groups is 1. The topological polar surface area (TPSA) is 83.1 Å². The van der Waals surface area contributed by atoms with Gasteiger partial charge in [-0.3, -0.25) is 0 Å². The molecule has 110 valence electrons. The van der Waals surface area contributed by atoms with Crippen LogP contribution in [0.3, 0.4) is 0 Å². The first-order valence-electron chi connectivity index (χ1n) is 6.10. The molecule has 0 saturated carbocycles. The number of esters is 1. The Kier molecular flexibility index (Phi) is 7.13.